The lowest BCUT2D eigenvalue weighted by molar-refractivity contribution is 0.142. The van der Waals surface area contributed by atoms with E-state index >= 15 is 0 Å². The Bertz CT molecular complexity index is 1440. The number of aromatic nitrogens is 3. The summed E-state index contributed by atoms with van der Waals surface area (Å²) in [5.74, 6) is -0.390. The first-order valence-corrected chi connectivity index (χ1v) is 12.2. The van der Waals surface area contributed by atoms with E-state index in [1.54, 1.807) is 23.1 Å². The first-order valence-electron chi connectivity index (χ1n) is 11.4. The number of anilines is 1. The van der Waals surface area contributed by atoms with Crippen molar-refractivity contribution >= 4 is 28.0 Å². The third-order valence-electron chi connectivity index (χ3n) is 5.92. The minimum absolute atomic E-state index is 0.113. The monoisotopic (exact) mass is 492 g/mol. The van der Waals surface area contributed by atoms with Crippen LogP contribution in [0.2, 0.25) is 0 Å². The maximum absolute atomic E-state index is 14.2. The molecule has 10 heteroatoms. The van der Waals surface area contributed by atoms with Crippen LogP contribution in [0.4, 0.5) is 14.9 Å². The Kier molecular flexibility index (Phi) is 6.31. The molecule has 180 valence electrons. The number of hydrogen-bond donors (Lipinski definition) is 1. The summed E-state index contributed by atoms with van der Waals surface area (Å²) >= 11 is 1.18. The Labute approximate surface area is 205 Å². The van der Waals surface area contributed by atoms with E-state index in [9.17, 15) is 14.0 Å². The molecule has 1 N–H and O–H groups in total. The Hall–Kier alpha value is -3.63. The van der Waals surface area contributed by atoms with Gasteiger partial charge in [-0.25, -0.2) is 14.2 Å². The molecular weight excluding hydrogens is 467 g/mol. The second-order valence-electron chi connectivity index (χ2n) is 8.74. The standard InChI is InChI=1S/C25H25FN6O2S/c1-16-11-17(2)13-18(12-16)27-24(34)31-9-7-30(8-10-31)15-19-14-22(33)32-25(28-19)35-23(29-32)20-5-3-4-6-21(20)26/h3-6,11-14H,7-10,15H2,1-2H3,(H,27,34). The number of carbonyl (C=O) groups excluding carboxylic acids is 1. The second kappa shape index (κ2) is 9.55. The zero-order chi connectivity index (χ0) is 24.5. The fourth-order valence-electron chi connectivity index (χ4n) is 4.27. The molecule has 2 aromatic carbocycles. The van der Waals surface area contributed by atoms with E-state index in [2.05, 4.69) is 26.4 Å². The van der Waals surface area contributed by atoms with Gasteiger partial charge in [-0.3, -0.25) is 9.69 Å². The number of aryl methyl sites for hydroxylation is 2. The van der Waals surface area contributed by atoms with Crippen LogP contribution in [0, 0.1) is 19.7 Å². The van der Waals surface area contributed by atoms with E-state index < -0.39 is 0 Å². The first kappa shape index (κ1) is 23.1. The van der Waals surface area contributed by atoms with Gasteiger partial charge in [-0.1, -0.05) is 29.5 Å². The largest absolute Gasteiger partial charge is 0.322 e. The summed E-state index contributed by atoms with van der Waals surface area (Å²) in [5, 5.41) is 7.66. The molecule has 0 spiro atoms. The average molecular weight is 493 g/mol. The number of piperazine rings is 1. The fourth-order valence-corrected chi connectivity index (χ4v) is 5.22. The molecule has 1 aliphatic heterocycles. The van der Waals surface area contributed by atoms with Crippen LogP contribution < -0.4 is 10.9 Å². The van der Waals surface area contributed by atoms with Crippen molar-refractivity contribution in [3.05, 3.63) is 81.5 Å². The number of halogens is 1. The highest BCUT2D eigenvalue weighted by Crippen LogP contribution is 2.26. The van der Waals surface area contributed by atoms with E-state index in [4.69, 9.17) is 0 Å². The zero-order valence-electron chi connectivity index (χ0n) is 19.5. The van der Waals surface area contributed by atoms with Gasteiger partial charge in [-0.15, -0.1) is 0 Å². The molecule has 5 rings (SSSR count). The molecule has 8 nitrogen and oxygen atoms in total. The Morgan fingerprint density at radius 3 is 2.49 bits per heavy atom. The lowest BCUT2D eigenvalue weighted by Crippen LogP contribution is -2.49. The minimum Gasteiger partial charge on any atom is -0.322 e. The van der Waals surface area contributed by atoms with Crippen LogP contribution in [-0.2, 0) is 6.54 Å². The molecule has 2 amide bonds. The van der Waals surface area contributed by atoms with E-state index in [1.807, 2.05) is 26.0 Å². The van der Waals surface area contributed by atoms with Gasteiger partial charge in [0, 0.05) is 50.0 Å². The number of nitrogens with zero attached hydrogens (tertiary/aromatic N) is 5. The van der Waals surface area contributed by atoms with Gasteiger partial charge in [0.25, 0.3) is 5.56 Å². The third kappa shape index (κ3) is 5.08. The van der Waals surface area contributed by atoms with Crippen LogP contribution in [0.5, 0.6) is 0 Å². The van der Waals surface area contributed by atoms with Crippen LogP contribution in [0.3, 0.4) is 0 Å². The third-order valence-corrected chi connectivity index (χ3v) is 6.86. The molecule has 3 heterocycles. The highest BCUT2D eigenvalue weighted by Gasteiger charge is 2.22. The maximum Gasteiger partial charge on any atom is 0.321 e. The molecule has 1 saturated heterocycles. The van der Waals surface area contributed by atoms with Gasteiger partial charge >= 0.3 is 6.03 Å². The molecule has 0 aliphatic carbocycles. The SMILES string of the molecule is Cc1cc(C)cc(NC(=O)N2CCN(Cc3cc(=O)n4nc(-c5ccccc5F)sc4n3)CC2)c1. The first-order chi connectivity index (χ1) is 16.9. The molecule has 4 aromatic rings. The van der Waals surface area contributed by atoms with Gasteiger partial charge in [0.1, 0.15) is 5.82 Å². The lowest BCUT2D eigenvalue weighted by atomic mass is 10.1. The summed E-state index contributed by atoms with van der Waals surface area (Å²) in [6, 6.07) is 13.7. The van der Waals surface area contributed by atoms with Crippen LogP contribution in [0.25, 0.3) is 15.5 Å². The number of fused-ring (bicyclic) bond motifs is 1. The Balaban J connectivity index is 1.24. The molecule has 0 atom stereocenters. The number of carbonyl (C=O) groups is 1. The van der Waals surface area contributed by atoms with Crippen LogP contribution in [-0.4, -0.2) is 56.6 Å². The molecule has 1 fully saturated rings. The highest BCUT2D eigenvalue weighted by atomic mass is 32.1. The van der Waals surface area contributed by atoms with Crippen molar-refractivity contribution in [3.8, 4) is 10.6 Å². The van der Waals surface area contributed by atoms with E-state index in [0.29, 0.717) is 53.9 Å². The van der Waals surface area contributed by atoms with Gasteiger partial charge < -0.3 is 10.2 Å². The topological polar surface area (TPSA) is 82.8 Å². The summed E-state index contributed by atoms with van der Waals surface area (Å²) in [6.45, 7) is 7.00. The van der Waals surface area contributed by atoms with Crippen molar-refractivity contribution in [2.75, 3.05) is 31.5 Å². The number of hydrogen-bond acceptors (Lipinski definition) is 6. The van der Waals surface area contributed by atoms with Gasteiger partial charge in [0.2, 0.25) is 4.96 Å². The van der Waals surface area contributed by atoms with Gasteiger partial charge in [-0.05, 0) is 49.2 Å². The summed E-state index contributed by atoms with van der Waals surface area (Å²) in [7, 11) is 0. The predicted molar refractivity (Wildman–Crippen MR) is 134 cm³/mol. The van der Waals surface area contributed by atoms with E-state index in [1.165, 1.54) is 28.0 Å². The number of nitrogens with one attached hydrogen (secondary N) is 1. The van der Waals surface area contributed by atoms with E-state index in [0.717, 1.165) is 16.8 Å². The Morgan fingerprint density at radius 2 is 1.77 bits per heavy atom. The normalized spacial score (nSPS) is 14.4. The Morgan fingerprint density at radius 1 is 1.06 bits per heavy atom. The lowest BCUT2D eigenvalue weighted by Gasteiger charge is -2.34. The van der Waals surface area contributed by atoms with Crippen LogP contribution in [0.15, 0.2) is 53.3 Å². The molecule has 0 saturated carbocycles. The minimum atomic E-state index is -0.390. The zero-order valence-corrected chi connectivity index (χ0v) is 20.3. The van der Waals surface area contributed by atoms with Crippen molar-refractivity contribution in [1.29, 1.82) is 0 Å². The highest BCUT2D eigenvalue weighted by molar-refractivity contribution is 7.19. The average Bonchev–Trinajstić information content (AvgIpc) is 3.24. The maximum atomic E-state index is 14.2. The fraction of sp³-hybridized carbons (Fsp3) is 0.280. The molecule has 1 aliphatic rings. The van der Waals surface area contributed by atoms with E-state index in [-0.39, 0.29) is 17.4 Å². The molecule has 0 radical (unpaired) electrons. The molecular formula is C25H25FN6O2S. The van der Waals surface area contributed by atoms with Crippen molar-refractivity contribution in [2.24, 2.45) is 0 Å². The molecule has 0 unspecified atom stereocenters. The molecule has 35 heavy (non-hydrogen) atoms. The number of urea groups is 1. The quantitative estimate of drug-likeness (QED) is 0.467. The molecule has 0 bridgehead atoms. The summed E-state index contributed by atoms with van der Waals surface area (Å²) in [5.41, 5.74) is 3.69. The number of amides is 2. The second-order valence-corrected chi connectivity index (χ2v) is 9.69. The smallest absolute Gasteiger partial charge is 0.321 e. The van der Waals surface area contributed by atoms with Crippen molar-refractivity contribution < 1.29 is 9.18 Å². The van der Waals surface area contributed by atoms with Gasteiger partial charge in [0.15, 0.2) is 5.01 Å². The molecule has 2 aromatic heterocycles. The number of rotatable bonds is 4. The van der Waals surface area contributed by atoms with Crippen LogP contribution >= 0.6 is 11.3 Å². The van der Waals surface area contributed by atoms with Crippen molar-refractivity contribution in [2.45, 2.75) is 20.4 Å². The van der Waals surface area contributed by atoms with Crippen molar-refractivity contribution in [3.63, 3.8) is 0 Å². The van der Waals surface area contributed by atoms with Crippen LogP contribution in [0.1, 0.15) is 16.8 Å². The summed E-state index contributed by atoms with van der Waals surface area (Å²) in [4.78, 5) is 34.3. The van der Waals surface area contributed by atoms with Gasteiger partial charge in [-0.2, -0.15) is 9.61 Å². The number of benzene rings is 2. The summed E-state index contributed by atoms with van der Waals surface area (Å²) < 4.78 is 15.4. The van der Waals surface area contributed by atoms with Crippen molar-refractivity contribution in [1.82, 2.24) is 24.4 Å². The van der Waals surface area contributed by atoms with Gasteiger partial charge in [0.05, 0.1) is 5.69 Å². The summed E-state index contributed by atoms with van der Waals surface area (Å²) in [6.07, 6.45) is 0. The predicted octanol–water partition coefficient (Wildman–Crippen LogP) is 3.92.